The molecular weight excluding hydrogens is 256 g/mol. The molecule has 0 unspecified atom stereocenters. The maximum Gasteiger partial charge on any atom is 0.264 e. The zero-order valence-corrected chi connectivity index (χ0v) is 10.1. The molecule has 19 heavy (non-hydrogen) atoms. The first-order valence-corrected chi connectivity index (χ1v) is 5.57. The Bertz CT molecular complexity index is 640. The summed E-state index contributed by atoms with van der Waals surface area (Å²) in [6.45, 7) is 0.0317. The van der Waals surface area contributed by atoms with E-state index in [2.05, 4.69) is 5.10 Å². The van der Waals surface area contributed by atoms with Gasteiger partial charge in [0, 0.05) is 18.2 Å². The molecule has 1 aromatic heterocycles. The van der Waals surface area contributed by atoms with Gasteiger partial charge in [-0.2, -0.15) is 5.10 Å². The molecule has 0 radical (unpaired) electrons. The lowest BCUT2D eigenvalue weighted by Gasteiger charge is -2.10. The summed E-state index contributed by atoms with van der Waals surface area (Å²) in [7, 11) is 1.65. The summed E-state index contributed by atoms with van der Waals surface area (Å²) in [5, 5.41) is 3.96. The van der Waals surface area contributed by atoms with E-state index in [0.29, 0.717) is 28.4 Å². The highest BCUT2D eigenvalue weighted by Crippen LogP contribution is 2.43. The lowest BCUT2D eigenvalue weighted by Crippen LogP contribution is -1.99. The molecule has 0 atom stereocenters. The van der Waals surface area contributed by atoms with Crippen LogP contribution in [0.15, 0.2) is 18.3 Å². The second-order valence-corrected chi connectivity index (χ2v) is 4.16. The summed E-state index contributed by atoms with van der Waals surface area (Å²) in [5.41, 5.74) is 6.45. The van der Waals surface area contributed by atoms with Gasteiger partial charge in [-0.25, -0.2) is 8.78 Å². The Morgan fingerprint density at radius 1 is 1.26 bits per heavy atom. The van der Waals surface area contributed by atoms with Gasteiger partial charge in [-0.3, -0.25) is 4.68 Å². The number of anilines is 1. The van der Waals surface area contributed by atoms with Crippen molar-refractivity contribution >= 4 is 5.82 Å². The Balaban J connectivity index is 2.22. The molecule has 2 heterocycles. The summed E-state index contributed by atoms with van der Waals surface area (Å²) < 4.78 is 38.1. The van der Waals surface area contributed by atoms with E-state index in [4.69, 9.17) is 15.2 Å². The molecule has 1 aliphatic rings. The monoisotopic (exact) mass is 267 g/mol. The number of halogens is 2. The van der Waals surface area contributed by atoms with Gasteiger partial charge in [0.1, 0.15) is 5.82 Å². The van der Waals surface area contributed by atoms with Crippen molar-refractivity contribution in [2.24, 2.45) is 7.05 Å². The van der Waals surface area contributed by atoms with E-state index in [-0.39, 0.29) is 12.4 Å². The fourth-order valence-corrected chi connectivity index (χ4v) is 2.03. The Morgan fingerprint density at radius 2 is 1.95 bits per heavy atom. The predicted octanol–water partition coefficient (Wildman–Crippen LogP) is 2.34. The maximum absolute atomic E-state index is 13.2. The quantitative estimate of drug-likeness (QED) is 0.907. The molecule has 0 saturated heterocycles. The first kappa shape index (κ1) is 11.8. The SMILES string of the molecule is Cn1ncc(-c2cc3c(cc2C(F)F)OCO3)c1N. The number of benzene rings is 1. The van der Waals surface area contributed by atoms with Crippen LogP contribution in [0.25, 0.3) is 11.1 Å². The average molecular weight is 267 g/mol. The van der Waals surface area contributed by atoms with E-state index in [1.165, 1.54) is 23.0 Å². The van der Waals surface area contributed by atoms with E-state index in [1.54, 1.807) is 7.05 Å². The zero-order valence-electron chi connectivity index (χ0n) is 10.1. The van der Waals surface area contributed by atoms with Crippen molar-refractivity contribution in [1.29, 1.82) is 0 Å². The van der Waals surface area contributed by atoms with Gasteiger partial charge in [0.15, 0.2) is 11.5 Å². The number of aromatic nitrogens is 2. The van der Waals surface area contributed by atoms with Crippen molar-refractivity contribution < 1.29 is 18.3 Å². The average Bonchev–Trinajstić information content (AvgIpc) is 2.95. The van der Waals surface area contributed by atoms with E-state index in [9.17, 15) is 8.78 Å². The van der Waals surface area contributed by atoms with E-state index in [1.807, 2.05) is 0 Å². The van der Waals surface area contributed by atoms with Gasteiger partial charge < -0.3 is 15.2 Å². The summed E-state index contributed by atoms with van der Waals surface area (Å²) >= 11 is 0. The normalized spacial score (nSPS) is 13.3. The Labute approximate surface area is 107 Å². The van der Waals surface area contributed by atoms with Crippen LogP contribution in [0, 0.1) is 0 Å². The maximum atomic E-state index is 13.2. The van der Waals surface area contributed by atoms with Crippen LogP contribution < -0.4 is 15.2 Å². The van der Waals surface area contributed by atoms with Gasteiger partial charge in [0.2, 0.25) is 6.79 Å². The number of fused-ring (bicyclic) bond motifs is 1. The summed E-state index contributed by atoms with van der Waals surface area (Å²) in [6.07, 6.45) is -1.18. The van der Waals surface area contributed by atoms with Crippen molar-refractivity contribution in [3.8, 4) is 22.6 Å². The van der Waals surface area contributed by atoms with Crippen LogP contribution in [-0.4, -0.2) is 16.6 Å². The van der Waals surface area contributed by atoms with Crippen molar-refractivity contribution in [2.75, 3.05) is 12.5 Å². The van der Waals surface area contributed by atoms with Crippen molar-refractivity contribution in [1.82, 2.24) is 9.78 Å². The first-order chi connectivity index (χ1) is 9.08. The zero-order chi connectivity index (χ0) is 13.6. The van der Waals surface area contributed by atoms with E-state index >= 15 is 0 Å². The molecule has 0 fully saturated rings. The molecule has 0 saturated carbocycles. The number of nitrogen functional groups attached to an aromatic ring is 1. The minimum Gasteiger partial charge on any atom is -0.454 e. The smallest absolute Gasteiger partial charge is 0.264 e. The van der Waals surface area contributed by atoms with Crippen molar-refractivity contribution in [2.45, 2.75) is 6.43 Å². The number of rotatable bonds is 2. The highest BCUT2D eigenvalue weighted by Gasteiger charge is 2.24. The van der Waals surface area contributed by atoms with Crippen LogP contribution in [0.3, 0.4) is 0 Å². The second kappa shape index (κ2) is 4.11. The van der Waals surface area contributed by atoms with Gasteiger partial charge in [0.25, 0.3) is 6.43 Å². The van der Waals surface area contributed by atoms with Gasteiger partial charge in [-0.1, -0.05) is 0 Å². The van der Waals surface area contributed by atoms with Crippen LogP contribution >= 0.6 is 0 Å². The van der Waals surface area contributed by atoms with E-state index in [0.717, 1.165) is 0 Å². The second-order valence-electron chi connectivity index (χ2n) is 4.16. The number of nitrogens with two attached hydrogens (primary N) is 1. The minimum absolute atomic E-state index is 0.0317. The third-order valence-electron chi connectivity index (χ3n) is 3.05. The molecule has 0 bridgehead atoms. The Hall–Kier alpha value is -2.31. The molecule has 2 N–H and O–H groups in total. The molecule has 0 spiro atoms. The Morgan fingerprint density at radius 3 is 2.53 bits per heavy atom. The number of aryl methyl sites for hydroxylation is 1. The summed E-state index contributed by atoms with van der Waals surface area (Å²) in [6, 6.07) is 2.80. The fourth-order valence-electron chi connectivity index (χ4n) is 2.03. The van der Waals surface area contributed by atoms with Crippen LogP contribution in [0.4, 0.5) is 14.6 Å². The number of alkyl halides is 2. The highest BCUT2D eigenvalue weighted by atomic mass is 19.3. The predicted molar refractivity (Wildman–Crippen MR) is 64.1 cm³/mol. The number of hydrogen-bond acceptors (Lipinski definition) is 4. The molecular formula is C12H11F2N3O2. The lowest BCUT2D eigenvalue weighted by atomic mass is 10.0. The fraction of sp³-hybridized carbons (Fsp3) is 0.250. The summed E-state index contributed by atoms with van der Waals surface area (Å²) in [5.74, 6) is 1.07. The molecule has 100 valence electrons. The topological polar surface area (TPSA) is 62.3 Å². The van der Waals surface area contributed by atoms with Crippen molar-refractivity contribution in [3.63, 3.8) is 0 Å². The van der Waals surface area contributed by atoms with E-state index < -0.39 is 6.43 Å². The standard InChI is InChI=1S/C12H11F2N3O2/c1-17-12(15)8(4-16-17)6-2-9-10(19-5-18-9)3-7(6)11(13)14/h2-4,11H,5,15H2,1H3. The number of nitrogens with zero attached hydrogens (tertiary/aromatic N) is 2. The minimum atomic E-state index is -2.64. The van der Waals surface area contributed by atoms with Crippen LogP contribution in [0.2, 0.25) is 0 Å². The molecule has 0 aliphatic carbocycles. The molecule has 1 aromatic carbocycles. The van der Waals surface area contributed by atoms with Crippen LogP contribution in [0.5, 0.6) is 11.5 Å². The molecule has 1 aliphatic heterocycles. The first-order valence-electron chi connectivity index (χ1n) is 5.57. The molecule has 0 amide bonds. The number of hydrogen-bond donors (Lipinski definition) is 1. The van der Waals surface area contributed by atoms with Gasteiger partial charge in [-0.05, 0) is 17.7 Å². The van der Waals surface area contributed by atoms with Crippen LogP contribution in [-0.2, 0) is 7.05 Å². The third kappa shape index (κ3) is 1.78. The van der Waals surface area contributed by atoms with Crippen LogP contribution in [0.1, 0.15) is 12.0 Å². The molecule has 3 rings (SSSR count). The largest absolute Gasteiger partial charge is 0.454 e. The molecule has 5 nitrogen and oxygen atoms in total. The number of ether oxygens (including phenoxy) is 2. The highest BCUT2D eigenvalue weighted by molar-refractivity contribution is 5.78. The molecule has 2 aromatic rings. The molecule has 7 heteroatoms. The van der Waals surface area contributed by atoms with Gasteiger partial charge >= 0.3 is 0 Å². The summed E-state index contributed by atoms with van der Waals surface area (Å²) in [4.78, 5) is 0. The van der Waals surface area contributed by atoms with Gasteiger partial charge in [0.05, 0.1) is 6.20 Å². The Kier molecular flexibility index (Phi) is 2.55. The van der Waals surface area contributed by atoms with Crippen molar-refractivity contribution in [3.05, 3.63) is 23.9 Å². The third-order valence-corrected chi connectivity index (χ3v) is 3.05. The van der Waals surface area contributed by atoms with Gasteiger partial charge in [-0.15, -0.1) is 0 Å². The lowest BCUT2D eigenvalue weighted by molar-refractivity contribution is 0.151.